The van der Waals surface area contributed by atoms with Crippen LogP contribution in [0.15, 0.2) is 101 Å². The Balaban J connectivity index is 1.61. The predicted octanol–water partition coefficient (Wildman–Crippen LogP) is 5.63. The number of nitrogens with one attached hydrogen (secondary N) is 2. The van der Waals surface area contributed by atoms with Crippen molar-refractivity contribution in [1.29, 1.82) is 5.26 Å². The van der Waals surface area contributed by atoms with E-state index in [1.807, 2.05) is 93.0 Å². The van der Waals surface area contributed by atoms with Gasteiger partial charge in [0, 0.05) is 0 Å². The van der Waals surface area contributed by atoms with Gasteiger partial charge in [-0.25, -0.2) is 0 Å². The number of ether oxygens (including phenoxy) is 2. The topological polar surface area (TPSA) is 142 Å². The van der Waals surface area contributed by atoms with Gasteiger partial charge in [-0.05, 0) is 0 Å². The van der Waals surface area contributed by atoms with Crippen LogP contribution in [0.1, 0.15) is 69.0 Å². The summed E-state index contributed by atoms with van der Waals surface area (Å²) in [6, 6.07) is 30.3. The minimum atomic E-state index is -3.73. The van der Waals surface area contributed by atoms with E-state index < -0.39 is 43.1 Å². The number of benzene rings is 3. The van der Waals surface area contributed by atoms with Crippen molar-refractivity contribution >= 4 is 7.87 Å². The molecule has 1 aliphatic rings. The molecule has 1 saturated heterocycles. The molecule has 0 spiro atoms. The Labute approximate surface area is 300 Å². The third-order valence-electron chi connectivity index (χ3n) is 9.56. The molecule has 3 N–H and O–H groups in total. The zero-order valence-corrected chi connectivity index (χ0v) is 31.2. The van der Waals surface area contributed by atoms with Gasteiger partial charge in [0.2, 0.25) is 0 Å². The van der Waals surface area contributed by atoms with Crippen molar-refractivity contribution in [3.05, 3.63) is 134 Å². The maximum atomic E-state index is 13.1. The van der Waals surface area contributed by atoms with Gasteiger partial charge in [0.25, 0.3) is 0 Å². The van der Waals surface area contributed by atoms with E-state index in [2.05, 4.69) is 40.6 Å². The number of hydrogen-bond acceptors (Lipinski definition) is 9. The van der Waals surface area contributed by atoms with Gasteiger partial charge in [-0.1, -0.05) is 0 Å². The summed E-state index contributed by atoms with van der Waals surface area (Å²) in [5.74, 6) is 0.729. The second-order valence-electron chi connectivity index (χ2n) is 13.6. The van der Waals surface area contributed by atoms with E-state index in [0.29, 0.717) is 5.56 Å². The first kappa shape index (κ1) is 38.1. The predicted molar refractivity (Wildman–Crippen MR) is 201 cm³/mol. The minimum absolute atomic E-state index is 0.0570. The third-order valence-corrected chi connectivity index (χ3v) is 13.0. The van der Waals surface area contributed by atoms with Gasteiger partial charge >= 0.3 is 301 Å². The fourth-order valence-corrected chi connectivity index (χ4v) is 10.7. The molecule has 3 atom stereocenters. The summed E-state index contributed by atoms with van der Waals surface area (Å²) in [7, 11) is -2.09. The second-order valence-corrected chi connectivity index (χ2v) is 16.3. The van der Waals surface area contributed by atoms with Crippen molar-refractivity contribution in [2.45, 2.75) is 83.5 Å². The Bertz CT molecular complexity index is 1850. The van der Waals surface area contributed by atoms with Crippen molar-refractivity contribution in [1.82, 2.24) is 19.5 Å². The molecule has 0 saturated carbocycles. The molecular weight excluding hydrogens is 665 g/mol. The van der Waals surface area contributed by atoms with Crippen LogP contribution in [0.25, 0.3) is 0 Å². The number of methoxy groups -OCH3 is 1. The summed E-state index contributed by atoms with van der Waals surface area (Å²) in [6.07, 6.45) is -0.0616. The van der Waals surface area contributed by atoms with E-state index in [9.17, 15) is 19.7 Å². The Hall–Kier alpha value is -4.14. The van der Waals surface area contributed by atoms with Gasteiger partial charge in [-0.15, -0.1) is 0 Å². The zero-order valence-electron chi connectivity index (χ0n) is 30.2. The zero-order chi connectivity index (χ0) is 36.8. The molecule has 0 aliphatic carbocycles. The Morgan fingerprint density at radius 3 is 2.10 bits per heavy atom. The standard InChI is InChI=1S/C39H50N5O6P/c1-27(2)44(28(3)4)51(47,23-13-22-40)50-34-24-36(43-26-29(5)37(45)42-38(43)46)49-35(34)25-41-39(30-14-9-7-10-15-30,31-16-11-8-12-17-31)32-18-20-33(48-6)21-19-32/h7-12,14-21,26-28,34-36,41,47,51H,13,23-25H2,1-6H3,(H,42,45,46)/t34-,35+,36+/m0/s1. The van der Waals surface area contributed by atoms with Crippen molar-refractivity contribution in [2.75, 3.05) is 19.8 Å². The molecule has 5 rings (SSSR count). The first-order valence-electron chi connectivity index (χ1n) is 17.5. The van der Waals surface area contributed by atoms with Crippen LogP contribution >= 0.6 is 7.87 Å². The van der Waals surface area contributed by atoms with Crippen molar-refractivity contribution in [2.24, 2.45) is 0 Å². The second kappa shape index (κ2) is 16.5. The number of hydrogen-bond donors (Lipinski definition) is 3. The number of nitrogens with zero attached hydrogens (tertiary/aromatic N) is 3. The summed E-state index contributed by atoms with van der Waals surface area (Å²) >= 11 is 0. The number of aromatic nitrogens is 2. The molecular formula is C39H50N5O6P. The van der Waals surface area contributed by atoms with E-state index in [4.69, 9.17) is 14.0 Å². The fraction of sp³-hybridized carbons (Fsp3) is 0.410. The number of H-pyrrole nitrogens is 1. The first-order valence-corrected chi connectivity index (χ1v) is 19.5. The molecule has 51 heavy (non-hydrogen) atoms. The molecule has 272 valence electrons. The van der Waals surface area contributed by atoms with Crippen LogP contribution in [0.3, 0.4) is 0 Å². The average molecular weight is 716 g/mol. The fourth-order valence-electron chi connectivity index (χ4n) is 7.37. The molecule has 0 unspecified atom stereocenters. The van der Waals surface area contributed by atoms with E-state index in [-0.39, 0.29) is 37.6 Å². The number of aromatic amines is 1. The van der Waals surface area contributed by atoms with E-state index >= 15 is 0 Å². The molecule has 3 aromatic carbocycles. The molecule has 12 heteroatoms. The van der Waals surface area contributed by atoms with Crippen LogP contribution in [-0.2, 0) is 14.8 Å². The van der Waals surface area contributed by atoms with E-state index in [1.165, 1.54) is 10.8 Å². The van der Waals surface area contributed by atoms with Crippen LogP contribution in [0, 0.1) is 18.3 Å². The Morgan fingerprint density at radius 1 is 1.00 bits per heavy atom. The Kier molecular flexibility index (Phi) is 12.3. The summed E-state index contributed by atoms with van der Waals surface area (Å²) in [6.45, 7) is 9.91. The van der Waals surface area contributed by atoms with Crippen molar-refractivity contribution in [3.63, 3.8) is 0 Å². The molecule has 1 aromatic heterocycles. The molecule has 11 nitrogen and oxygen atoms in total. The van der Waals surface area contributed by atoms with Gasteiger partial charge in [-0.3, -0.25) is 0 Å². The van der Waals surface area contributed by atoms with Gasteiger partial charge in [0.05, 0.1) is 0 Å². The van der Waals surface area contributed by atoms with Crippen LogP contribution in [0.2, 0.25) is 0 Å². The van der Waals surface area contributed by atoms with Gasteiger partial charge in [0.15, 0.2) is 0 Å². The van der Waals surface area contributed by atoms with Crippen LogP contribution in [-0.4, -0.2) is 63.2 Å². The van der Waals surface area contributed by atoms with E-state index in [1.54, 1.807) is 14.0 Å². The maximum absolute atomic E-state index is 13.1. The average Bonchev–Trinajstić information content (AvgIpc) is 3.51. The van der Waals surface area contributed by atoms with Gasteiger partial charge in [-0.2, -0.15) is 0 Å². The van der Waals surface area contributed by atoms with Crippen LogP contribution in [0.5, 0.6) is 5.75 Å². The molecule has 1 aliphatic heterocycles. The normalized spacial score (nSPS) is 18.3. The summed E-state index contributed by atoms with van der Waals surface area (Å²) < 4.78 is 22.4. The quantitative estimate of drug-likeness (QED) is 0.106. The van der Waals surface area contributed by atoms with Crippen molar-refractivity contribution < 1.29 is 18.9 Å². The van der Waals surface area contributed by atoms with Gasteiger partial charge < -0.3 is 0 Å². The Morgan fingerprint density at radius 2 is 1.57 bits per heavy atom. The van der Waals surface area contributed by atoms with Crippen molar-refractivity contribution in [3.8, 4) is 11.8 Å². The molecule has 0 amide bonds. The molecule has 0 bridgehead atoms. The van der Waals surface area contributed by atoms with Crippen LogP contribution < -0.4 is 21.3 Å². The summed E-state index contributed by atoms with van der Waals surface area (Å²) in [5, 5.41) is 13.5. The van der Waals surface area contributed by atoms with Gasteiger partial charge in [0.1, 0.15) is 0 Å². The SMILES string of the molecule is COc1ccc(C(NC[C@H]2O[C@@H](n3cc(C)c(=O)[nH]c3=O)C[C@@H]2O[PH](O)(CCC#N)N(C(C)C)C(C)C)(c2ccccc2)c2ccccc2)cc1. The third kappa shape index (κ3) is 8.18. The van der Waals surface area contributed by atoms with Crippen LogP contribution in [0.4, 0.5) is 0 Å². The molecule has 1 fully saturated rings. The molecule has 2 heterocycles. The number of nitriles is 1. The number of aryl methyl sites for hydroxylation is 1. The van der Waals surface area contributed by atoms with E-state index in [0.717, 1.165) is 22.4 Å². The number of rotatable bonds is 15. The summed E-state index contributed by atoms with van der Waals surface area (Å²) in [4.78, 5) is 40.2. The first-order chi connectivity index (χ1) is 24.4. The molecule has 0 radical (unpaired) electrons. The monoisotopic (exact) mass is 715 g/mol. The summed E-state index contributed by atoms with van der Waals surface area (Å²) in [5.41, 5.74) is 1.41. The molecule has 4 aromatic rings.